The molecule has 0 amide bonds. The Kier molecular flexibility index (Phi) is 23.2. The lowest BCUT2D eigenvalue weighted by molar-refractivity contribution is -0.697. The predicted molar refractivity (Wildman–Crippen MR) is 152 cm³/mol. The third-order valence-corrected chi connectivity index (χ3v) is 7.55. The molecular formula is C33H62N+. The van der Waals surface area contributed by atoms with Crippen LogP contribution < -0.4 is 4.57 Å². The summed E-state index contributed by atoms with van der Waals surface area (Å²) in [5, 5.41) is 0. The van der Waals surface area contributed by atoms with E-state index >= 15 is 0 Å². The first-order chi connectivity index (χ1) is 16.9. The summed E-state index contributed by atoms with van der Waals surface area (Å²) >= 11 is 0. The van der Waals surface area contributed by atoms with E-state index in [2.05, 4.69) is 42.9 Å². The predicted octanol–water partition coefficient (Wildman–Crippen LogP) is 10.9. The highest BCUT2D eigenvalue weighted by molar-refractivity contribution is 5.07. The van der Waals surface area contributed by atoms with Gasteiger partial charge in [-0.1, -0.05) is 149 Å². The summed E-state index contributed by atoms with van der Waals surface area (Å²) in [4.78, 5) is 0. The highest BCUT2D eigenvalue weighted by Crippen LogP contribution is 2.14. The molecule has 0 saturated carbocycles. The van der Waals surface area contributed by atoms with Crippen molar-refractivity contribution >= 4 is 0 Å². The van der Waals surface area contributed by atoms with Crippen LogP contribution in [0.25, 0.3) is 0 Å². The number of pyridine rings is 1. The van der Waals surface area contributed by atoms with Crippen LogP contribution in [0.4, 0.5) is 0 Å². The fraction of sp³-hybridized carbons (Fsp3) is 0.848. The molecule has 0 bridgehead atoms. The van der Waals surface area contributed by atoms with Gasteiger partial charge >= 0.3 is 0 Å². The molecule has 1 aromatic heterocycles. The Morgan fingerprint density at radius 3 is 1.12 bits per heavy atom. The van der Waals surface area contributed by atoms with Crippen molar-refractivity contribution in [3.05, 3.63) is 30.1 Å². The van der Waals surface area contributed by atoms with E-state index in [0.717, 1.165) is 0 Å². The van der Waals surface area contributed by atoms with Crippen molar-refractivity contribution in [1.29, 1.82) is 0 Å². The minimum Gasteiger partial charge on any atom is -0.205 e. The van der Waals surface area contributed by atoms with Crippen LogP contribution in [0, 0.1) is 0 Å². The van der Waals surface area contributed by atoms with Gasteiger partial charge in [0.05, 0.1) is 0 Å². The topological polar surface area (TPSA) is 3.88 Å². The minimum absolute atomic E-state index is 1.19. The lowest BCUT2D eigenvalue weighted by Gasteiger charge is -2.04. The Bertz CT molecular complexity index is 506. The van der Waals surface area contributed by atoms with E-state index in [1.807, 2.05) is 0 Å². The van der Waals surface area contributed by atoms with Gasteiger partial charge in [-0.05, 0) is 24.8 Å². The molecule has 0 saturated heterocycles. The number of rotatable bonds is 26. The van der Waals surface area contributed by atoms with Crippen molar-refractivity contribution in [2.24, 2.45) is 0 Å². The Hall–Kier alpha value is -0.850. The Balaban J connectivity index is 1.87. The molecule has 0 spiro atoms. The van der Waals surface area contributed by atoms with Gasteiger partial charge < -0.3 is 0 Å². The zero-order valence-electron chi connectivity index (χ0n) is 23.6. The number of hydrogen-bond acceptors (Lipinski definition) is 0. The smallest absolute Gasteiger partial charge is 0.169 e. The van der Waals surface area contributed by atoms with Gasteiger partial charge in [0.15, 0.2) is 12.4 Å². The lowest BCUT2D eigenvalue weighted by atomic mass is 10.0. The molecule has 1 nitrogen and oxygen atoms in total. The van der Waals surface area contributed by atoms with Crippen LogP contribution in [0.2, 0.25) is 0 Å². The van der Waals surface area contributed by atoms with Gasteiger partial charge in [0.25, 0.3) is 0 Å². The maximum Gasteiger partial charge on any atom is 0.169 e. The van der Waals surface area contributed by atoms with E-state index < -0.39 is 0 Å². The maximum absolute atomic E-state index is 2.39. The summed E-state index contributed by atoms with van der Waals surface area (Å²) in [7, 11) is 0. The molecule has 0 aliphatic carbocycles. The molecule has 0 radical (unpaired) electrons. The first kappa shape index (κ1) is 31.2. The molecule has 198 valence electrons. The van der Waals surface area contributed by atoms with Crippen LogP contribution in [0.3, 0.4) is 0 Å². The summed E-state index contributed by atoms with van der Waals surface area (Å²) in [6, 6.07) is 4.72. The molecular weight excluding hydrogens is 410 g/mol. The van der Waals surface area contributed by atoms with Gasteiger partial charge in [-0.15, -0.1) is 0 Å². The van der Waals surface area contributed by atoms with Crippen LogP contribution in [-0.2, 0) is 13.0 Å². The lowest BCUT2D eigenvalue weighted by Crippen LogP contribution is -2.32. The molecule has 0 atom stereocenters. The van der Waals surface area contributed by atoms with E-state index in [4.69, 9.17) is 0 Å². The molecule has 0 N–H and O–H groups in total. The standard InChI is InChI=1S/C33H62N/c1-3-5-7-9-11-13-15-16-18-20-22-24-26-30-34-31-28-33(29-32-34)27-25-23-21-19-17-14-12-10-8-6-4-2/h28-29,31-32H,3-27,30H2,1-2H3/q+1. The molecule has 34 heavy (non-hydrogen) atoms. The molecule has 1 heterocycles. The van der Waals surface area contributed by atoms with E-state index in [-0.39, 0.29) is 0 Å². The third kappa shape index (κ3) is 20.5. The van der Waals surface area contributed by atoms with Crippen LogP contribution >= 0.6 is 0 Å². The molecule has 0 unspecified atom stereocenters. The quantitative estimate of drug-likeness (QED) is 0.0932. The second-order valence-electron chi connectivity index (χ2n) is 11.0. The van der Waals surface area contributed by atoms with Crippen molar-refractivity contribution in [2.45, 2.75) is 181 Å². The summed E-state index contributed by atoms with van der Waals surface area (Å²) < 4.78 is 2.39. The van der Waals surface area contributed by atoms with Gasteiger partial charge in [-0.25, -0.2) is 4.57 Å². The molecule has 0 fully saturated rings. The van der Waals surface area contributed by atoms with Crippen LogP contribution in [0.1, 0.15) is 174 Å². The molecule has 0 aliphatic heterocycles. The second-order valence-corrected chi connectivity index (χ2v) is 11.0. The number of unbranched alkanes of at least 4 members (excludes halogenated alkanes) is 22. The number of aromatic nitrogens is 1. The number of aryl methyl sites for hydroxylation is 2. The van der Waals surface area contributed by atoms with Gasteiger partial charge in [0.2, 0.25) is 0 Å². The van der Waals surface area contributed by atoms with E-state index in [1.165, 1.54) is 173 Å². The molecule has 0 aliphatic rings. The van der Waals surface area contributed by atoms with Gasteiger partial charge in [0, 0.05) is 18.6 Å². The van der Waals surface area contributed by atoms with Crippen molar-refractivity contribution in [3.63, 3.8) is 0 Å². The Morgan fingerprint density at radius 1 is 0.412 bits per heavy atom. The van der Waals surface area contributed by atoms with E-state index in [1.54, 1.807) is 0 Å². The van der Waals surface area contributed by atoms with Crippen molar-refractivity contribution in [1.82, 2.24) is 0 Å². The Labute approximate surface area is 215 Å². The van der Waals surface area contributed by atoms with Gasteiger partial charge in [0.1, 0.15) is 6.54 Å². The van der Waals surface area contributed by atoms with Gasteiger partial charge in [-0.2, -0.15) is 0 Å². The fourth-order valence-corrected chi connectivity index (χ4v) is 5.11. The SMILES string of the molecule is CCCCCCCCCCCCCCC[n+]1ccc(CCCCCCCCCCCCC)cc1. The van der Waals surface area contributed by atoms with Crippen LogP contribution in [0.5, 0.6) is 0 Å². The number of nitrogens with zero attached hydrogens (tertiary/aromatic N) is 1. The number of hydrogen-bond donors (Lipinski definition) is 0. The molecule has 1 rings (SSSR count). The normalized spacial score (nSPS) is 11.4. The van der Waals surface area contributed by atoms with E-state index in [9.17, 15) is 0 Å². The second kappa shape index (κ2) is 25.2. The fourth-order valence-electron chi connectivity index (χ4n) is 5.11. The average Bonchev–Trinajstić information content (AvgIpc) is 2.86. The van der Waals surface area contributed by atoms with Crippen LogP contribution in [-0.4, -0.2) is 0 Å². The first-order valence-corrected chi connectivity index (χ1v) is 15.8. The van der Waals surface area contributed by atoms with Crippen molar-refractivity contribution in [3.8, 4) is 0 Å². The highest BCUT2D eigenvalue weighted by atomic mass is 14.9. The van der Waals surface area contributed by atoms with Gasteiger partial charge in [-0.3, -0.25) is 0 Å². The highest BCUT2D eigenvalue weighted by Gasteiger charge is 2.02. The van der Waals surface area contributed by atoms with Crippen molar-refractivity contribution in [2.75, 3.05) is 0 Å². The zero-order chi connectivity index (χ0) is 24.4. The van der Waals surface area contributed by atoms with E-state index in [0.29, 0.717) is 0 Å². The Morgan fingerprint density at radius 2 is 0.735 bits per heavy atom. The van der Waals surface area contributed by atoms with Crippen LogP contribution in [0.15, 0.2) is 24.5 Å². The summed E-state index contributed by atoms with van der Waals surface area (Å²) in [6.07, 6.45) is 40.2. The molecule has 1 heteroatoms. The maximum atomic E-state index is 2.39. The largest absolute Gasteiger partial charge is 0.205 e. The summed E-state index contributed by atoms with van der Waals surface area (Å²) in [5.41, 5.74) is 1.53. The minimum atomic E-state index is 1.19. The van der Waals surface area contributed by atoms with Crippen molar-refractivity contribution < 1.29 is 4.57 Å². The average molecular weight is 473 g/mol. The third-order valence-electron chi connectivity index (χ3n) is 7.55. The first-order valence-electron chi connectivity index (χ1n) is 15.8. The molecule has 1 aromatic rings. The molecule has 0 aromatic carbocycles. The summed E-state index contributed by atoms with van der Waals surface area (Å²) in [6.45, 7) is 5.79. The monoisotopic (exact) mass is 472 g/mol. The summed E-state index contributed by atoms with van der Waals surface area (Å²) in [5.74, 6) is 0. The zero-order valence-corrected chi connectivity index (χ0v) is 23.6.